The third kappa shape index (κ3) is 4.04. The van der Waals surface area contributed by atoms with Gasteiger partial charge in [-0.25, -0.2) is 4.98 Å². The molecule has 2 amide bonds. The standard InChI is InChI=1S/C16H23N3O3/c1-3-4-8-18(2)15(20)13-6-5-7-14(17-13)16(21)19-9-11-22-12-10-19/h5-7H,3-4,8-12H2,1-2H3. The van der Waals surface area contributed by atoms with Crippen LogP contribution >= 0.6 is 0 Å². The molecule has 0 bridgehead atoms. The zero-order valence-corrected chi connectivity index (χ0v) is 13.2. The van der Waals surface area contributed by atoms with Crippen LogP contribution in [0.3, 0.4) is 0 Å². The van der Waals surface area contributed by atoms with Crippen LogP contribution in [-0.4, -0.2) is 66.5 Å². The summed E-state index contributed by atoms with van der Waals surface area (Å²) >= 11 is 0. The highest BCUT2D eigenvalue weighted by atomic mass is 16.5. The molecule has 6 nitrogen and oxygen atoms in total. The van der Waals surface area contributed by atoms with Crippen molar-refractivity contribution in [1.29, 1.82) is 0 Å². The molecule has 2 rings (SSSR count). The number of carbonyl (C=O) groups is 2. The molecule has 1 saturated heterocycles. The van der Waals surface area contributed by atoms with Crippen molar-refractivity contribution in [2.24, 2.45) is 0 Å². The summed E-state index contributed by atoms with van der Waals surface area (Å²) in [5, 5.41) is 0. The average molecular weight is 305 g/mol. The topological polar surface area (TPSA) is 62.7 Å². The summed E-state index contributed by atoms with van der Waals surface area (Å²) in [6.07, 6.45) is 1.98. The van der Waals surface area contributed by atoms with Gasteiger partial charge in [-0.2, -0.15) is 0 Å². The van der Waals surface area contributed by atoms with Crippen LogP contribution in [0, 0.1) is 0 Å². The number of morpholine rings is 1. The molecule has 0 N–H and O–H groups in total. The van der Waals surface area contributed by atoms with Crippen LogP contribution in [0.5, 0.6) is 0 Å². The van der Waals surface area contributed by atoms with E-state index in [9.17, 15) is 9.59 Å². The molecule has 120 valence electrons. The first-order chi connectivity index (χ1) is 10.6. The van der Waals surface area contributed by atoms with Crippen LogP contribution in [0.15, 0.2) is 18.2 Å². The van der Waals surface area contributed by atoms with Crippen molar-refractivity contribution in [3.8, 4) is 0 Å². The van der Waals surface area contributed by atoms with Gasteiger partial charge in [-0.1, -0.05) is 19.4 Å². The fraction of sp³-hybridized carbons (Fsp3) is 0.562. The molecule has 0 spiro atoms. The fourth-order valence-electron chi connectivity index (χ4n) is 2.29. The zero-order valence-electron chi connectivity index (χ0n) is 13.2. The average Bonchev–Trinajstić information content (AvgIpc) is 2.59. The van der Waals surface area contributed by atoms with E-state index in [2.05, 4.69) is 11.9 Å². The third-order valence-corrected chi connectivity index (χ3v) is 3.68. The molecule has 1 aliphatic rings. The molecular formula is C16H23N3O3. The van der Waals surface area contributed by atoms with E-state index in [0.29, 0.717) is 44.2 Å². The van der Waals surface area contributed by atoms with E-state index >= 15 is 0 Å². The molecule has 0 atom stereocenters. The van der Waals surface area contributed by atoms with Crippen molar-refractivity contribution in [2.45, 2.75) is 19.8 Å². The minimum Gasteiger partial charge on any atom is -0.378 e. The highest BCUT2D eigenvalue weighted by Crippen LogP contribution is 2.08. The number of aromatic nitrogens is 1. The lowest BCUT2D eigenvalue weighted by atomic mass is 10.2. The van der Waals surface area contributed by atoms with Gasteiger partial charge >= 0.3 is 0 Å². The van der Waals surface area contributed by atoms with Gasteiger partial charge in [-0.05, 0) is 18.6 Å². The van der Waals surface area contributed by atoms with E-state index in [-0.39, 0.29) is 11.8 Å². The number of amides is 2. The Balaban J connectivity index is 2.08. The van der Waals surface area contributed by atoms with Gasteiger partial charge in [0.15, 0.2) is 0 Å². The van der Waals surface area contributed by atoms with E-state index in [1.54, 1.807) is 35.0 Å². The van der Waals surface area contributed by atoms with Crippen molar-refractivity contribution in [1.82, 2.24) is 14.8 Å². The van der Waals surface area contributed by atoms with Gasteiger partial charge in [-0.15, -0.1) is 0 Å². The van der Waals surface area contributed by atoms with E-state index in [1.165, 1.54) is 0 Å². The van der Waals surface area contributed by atoms with Crippen LogP contribution in [0.4, 0.5) is 0 Å². The summed E-state index contributed by atoms with van der Waals surface area (Å²) in [7, 11) is 1.76. The Labute approximate surface area is 131 Å². The number of rotatable bonds is 5. The Hall–Kier alpha value is -1.95. The van der Waals surface area contributed by atoms with Crippen LogP contribution in [0.1, 0.15) is 40.7 Å². The second-order valence-electron chi connectivity index (χ2n) is 5.39. The first-order valence-electron chi connectivity index (χ1n) is 7.73. The lowest BCUT2D eigenvalue weighted by molar-refractivity contribution is 0.0299. The number of unbranched alkanes of at least 4 members (excludes halogenated alkanes) is 1. The summed E-state index contributed by atoms with van der Waals surface area (Å²) in [4.78, 5) is 32.3. The smallest absolute Gasteiger partial charge is 0.272 e. The van der Waals surface area contributed by atoms with E-state index in [0.717, 1.165) is 12.8 Å². The molecule has 1 aliphatic heterocycles. The van der Waals surface area contributed by atoms with Gasteiger partial charge in [-0.3, -0.25) is 9.59 Å². The largest absolute Gasteiger partial charge is 0.378 e. The maximum absolute atomic E-state index is 12.4. The van der Waals surface area contributed by atoms with Crippen LogP contribution < -0.4 is 0 Å². The Kier molecular flexibility index (Phi) is 5.89. The number of pyridine rings is 1. The Morgan fingerprint density at radius 2 is 1.95 bits per heavy atom. The predicted molar refractivity (Wildman–Crippen MR) is 82.8 cm³/mol. The Morgan fingerprint density at radius 3 is 2.64 bits per heavy atom. The number of nitrogens with zero attached hydrogens (tertiary/aromatic N) is 3. The van der Waals surface area contributed by atoms with E-state index in [4.69, 9.17) is 4.74 Å². The maximum Gasteiger partial charge on any atom is 0.272 e. The molecule has 1 aromatic heterocycles. The molecule has 0 unspecified atom stereocenters. The first kappa shape index (κ1) is 16.4. The summed E-state index contributed by atoms with van der Waals surface area (Å²) in [5.74, 6) is -0.292. The number of hydrogen-bond donors (Lipinski definition) is 0. The Bertz CT molecular complexity index is 527. The number of ether oxygens (including phenoxy) is 1. The summed E-state index contributed by atoms with van der Waals surface area (Å²) in [5.41, 5.74) is 0.634. The minimum absolute atomic E-state index is 0.144. The van der Waals surface area contributed by atoms with Gasteiger partial charge in [0.05, 0.1) is 13.2 Å². The van der Waals surface area contributed by atoms with Gasteiger partial charge < -0.3 is 14.5 Å². The first-order valence-corrected chi connectivity index (χ1v) is 7.73. The van der Waals surface area contributed by atoms with Crippen LogP contribution in [0.2, 0.25) is 0 Å². The third-order valence-electron chi connectivity index (χ3n) is 3.68. The van der Waals surface area contributed by atoms with Crippen molar-refractivity contribution in [3.05, 3.63) is 29.6 Å². The van der Waals surface area contributed by atoms with Crippen molar-refractivity contribution < 1.29 is 14.3 Å². The molecule has 0 saturated carbocycles. The molecular weight excluding hydrogens is 282 g/mol. The number of carbonyl (C=O) groups excluding carboxylic acids is 2. The molecule has 0 aliphatic carbocycles. The molecule has 22 heavy (non-hydrogen) atoms. The van der Waals surface area contributed by atoms with Gasteiger partial charge in [0.25, 0.3) is 11.8 Å². The predicted octanol–water partition coefficient (Wildman–Crippen LogP) is 1.43. The quantitative estimate of drug-likeness (QED) is 0.825. The SMILES string of the molecule is CCCCN(C)C(=O)c1cccc(C(=O)N2CCOCC2)n1. The number of hydrogen-bond acceptors (Lipinski definition) is 4. The van der Waals surface area contributed by atoms with Crippen LogP contribution in [-0.2, 0) is 4.74 Å². The Morgan fingerprint density at radius 1 is 1.27 bits per heavy atom. The second kappa shape index (κ2) is 7.89. The van der Waals surface area contributed by atoms with Crippen molar-refractivity contribution in [3.63, 3.8) is 0 Å². The summed E-state index contributed by atoms with van der Waals surface area (Å²) in [6.45, 7) is 5.00. The van der Waals surface area contributed by atoms with E-state index < -0.39 is 0 Å². The lowest BCUT2D eigenvalue weighted by Crippen LogP contribution is -2.41. The molecule has 0 radical (unpaired) electrons. The fourth-order valence-corrected chi connectivity index (χ4v) is 2.29. The molecule has 2 heterocycles. The molecule has 6 heteroatoms. The highest BCUT2D eigenvalue weighted by Gasteiger charge is 2.21. The molecule has 1 fully saturated rings. The van der Waals surface area contributed by atoms with Crippen molar-refractivity contribution in [2.75, 3.05) is 39.9 Å². The van der Waals surface area contributed by atoms with E-state index in [1.807, 2.05) is 0 Å². The monoisotopic (exact) mass is 305 g/mol. The van der Waals surface area contributed by atoms with Gasteiger partial charge in [0.2, 0.25) is 0 Å². The van der Waals surface area contributed by atoms with Gasteiger partial charge in [0.1, 0.15) is 11.4 Å². The summed E-state index contributed by atoms with van der Waals surface area (Å²) in [6, 6.07) is 5.02. The normalized spacial score (nSPS) is 14.7. The highest BCUT2D eigenvalue weighted by molar-refractivity contribution is 5.96. The molecule has 0 aromatic carbocycles. The van der Waals surface area contributed by atoms with Crippen molar-refractivity contribution >= 4 is 11.8 Å². The lowest BCUT2D eigenvalue weighted by Gasteiger charge is -2.26. The zero-order chi connectivity index (χ0) is 15.9. The molecule has 1 aromatic rings. The van der Waals surface area contributed by atoms with Gasteiger partial charge in [0, 0.05) is 26.7 Å². The maximum atomic E-state index is 12.4. The second-order valence-corrected chi connectivity index (χ2v) is 5.39. The minimum atomic E-state index is -0.148. The van der Waals surface area contributed by atoms with Crippen LogP contribution in [0.25, 0.3) is 0 Å². The summed E-state index contributed by atoms with van der Waals surface area (Å²) < 4.78 is 5.24.